The lowest BCUT2D eigenvalue weighted by Crippen LogP contribution is -2.25. The van der Waals surface area contributed by atoms with Gasteiger partial charge in [0.2, 0.25) is 0 Å². The topological polar surface area (TPSA) is 117 Å². The number of likely N-dealkylation sites (N-methyl/N-ethyl adjacent to an activating group) is 1. The maximum absolute atomic E-state index is 14.7. The van der Waals surface area contributed by atoms with Crippen molar-refractivity contribution in [2.24, 2.45) is 0 Å². The summed E-state index contributed by atoms with van der Waals surface area (Å²) in [6, 6.07) is 9.79. The molecule has 1 unspecified atom stereocenters. The number of para-hydroxylation sites is 2. The Labute approximate surface area is 173 Å². The van der Waals surface area contributed by atoms with Gasteiger partial charge in [0.25, 0.3) is 5.56 Å². The smallest absolute Gasteiger partial charge is 0.276 e. The minimum Gasteiger partial charge on any atom is -0.396 e. The molecule has 4 rings (SSSR count). The number of H-pyrrole nitrogens is 2. The number of aromatic nitrogens is 3. The Bertz CT molecular complexity index is 1330. The summed E-state index contributed by atoms with van der Waals surface area (Å²) in [5.74, 6) is -0.640. The third-order valence-electron chi connectivity index (χ3n) is 4.81. The molecule has 0 radical (unpaired) electrons. The molecule has 0 aliphatic heterocycles. The van der Waals surface area contributed by atoms with E-state index >= 15 is 0 Å². The maximum atomic E-state index is 14.7. The van der Waals surface area contributed by atoms with Crippen molar-refractivity contribution >= 4 is 38.6 Å². The van der Waals surface area contributed by atoms with Gasteiger partial charge in [-0.2, -0.15) is 0 Å². The highest BCUT2D eigenvalue weighted by Gasteiger charge is 2.21. The molecule has 0 saturated carbocycles. The molecule has 4 N–H and O–H groups in total. The second-order valence-corrected chi connectivity index (χ2v) is 8.33. The van der Waals surface area contributed by atoms with Crippen LogP contribution in [-0.2, 0) is 15.7 Å². The van der Waals surface area contributed by atoms with Gasteiger partial charge in [0.15, 0.2) is 5.69 Å². The SMILES string of the molecule is COCCN(C)S(=O)c1cc2c(N)c(-c3nc4ccccc4[nH]c3=O)[nH]c2cc1F. The number of nitrogens with one attached hydrogen (secondary N) is 2. The number of rotatable bonds is 6. The number of nitrogens with two attached hydrogens (primary N) is 1. The van der Waals surface area contributed by atoms with Crippen LogP contribution in [0.15, 0.2) is 46.1 Å². The molecule has 0 fully saturated rings. The number of anilines is 1. The monoisotopic (exact) mass is 429 g/mol. The molecule has 2 aromatic carbocycles. The number of hydrogen-bond acceptors (Lipinski definition) is 5. The second-order valence-electron chi connectivity index (χ2n) is 6.77. The molecule has 0 bridgehead atoms. The molecule has 30 heavy (non-hydrogen) atoms. The predicted octanol–water partition coefficient (Wildman–Crippen LogP) is 2.39. The van der Waals surface area contributed by atoms with Gasteiger partial charge in [0, 0.05) is 26.1 Å². The van der Waals surface area contributed by atoms with Gasteiger partial charge >= 0.3 is 0 Å². The van der Waals surface area contributed by atoms with Gasteiger partial charge in [0.1, 0.15) is 16.8 Å². The molecule has 0 amide bonds. The predicted molar refractivity (Wildman–Crippen MR) is 115 cm³/mol. The van der Waals surface area contributed by atoms with E-state index in [2.05, 4.69) is 15.0 Å². The van der Waals surface area contributed by atoms with E-state index in [1.807, 2.05) is 6.07 Å². The highest BCUT2D eigenvalue weighted by atomic mass is 32.2. The van der Waals surface area contributed by atoms with E-state index in [-0.39, 0.29) is 22.0 Å². The summed E-state index contributed by atoms with van der Waals surface area (Å²) in [6.45, 7) is 0.726. The number of fused-ring (bicyclic) bond motifs is 2. The lowest BCUT2D eigenvalue weighted by atomic mass is 10.2. The third kappa shape index (κ3) is 3.49. The summed E-state index contributed by atoms with van der Waals surface area (Å²) >= 11 is 0. The molecule has 0 aliphatic carbocycles. The molecule has 4 aromatic rings. The van der Waals surface area contributed by atoms with Crippen LogP contribution in [0.2, 0.25) is 0 Å². The Kier molecular flexibility index (Phi) is 5.37. The lowest BCUT2D eigenvalue weighted by Gasteiger charge is -2.15. The van der Waals surface area contributed by atoms with Gasteiger partial charge in [-0.1, -0.05) is 12.1 Å². The summed E-state index contributed by atoms with van der Waals surface area (Å²) in [5, 5.41) is 0.462. The second kappa shape index (κ2) is 7.98. The normalized spacial score (nSPS) is 12.8. The lowest BCUT2D eigenvalue weighted by molar-refractivity contribution is 0.186. The Morgan fingerprint density at radius 2 is 2.00 bits per heavy atom. The highest BCUT2D eigenvalue weighted by molar-refractivity contribution is 7.82. The minimum atomic E-state index is -1.74. The van der Waals surface area contributed by atoms with Crippen LogP contribution in [0.1, 0.15) is 0 Å². The Morgan fingerprint density at radius 3 is 2.77 bits per heavy atom. The highest BCUT2D eigenvalue weighted by Crippen LogP contribution is 2.33. The molecule has 0 spiro atoms. The number of benzene rings is 2. The van der Waals surface area contributed by atoms with Crippen LogP contribution >= 0.6 is 0 Å². The molecule has 10 heteroatoms. The maximum Gasteiger partial charge on any atom is 0.276 e. The number of hydrogen-bond donors (Lipinski definition) is 3. The van der Waals surface area contributed by atoms with Crippen molar-refractivity contribution in [3.8, 4) is 11.4 Å². The fourth-order valence-electron chi connectivity index (χ4n) is 3.21. The van der Waals surface area contributed by atoms with Gasteiger partial charge in [-0.05, 0) is 24.3 Å². The number of methoxy groups -OCH3 is 1. The molecule has 8 nitrogen and oxygen atoms in total. The largest absolute Gasteiger partial charge is 0.396 e. The molecule has 0 aliphatic rings. The van der Waals surface area contributed by atoms with Crippen LogP contribution in [0.3, 0.4) is 0 Å². The first kappa shape index (κ1) is 20.2. The standard InChI is InChI=1S/C20H20FN5O3S/c1-26(7-8-29-2)30(28)16-9-11-15(10-12(16)21)24-18(17(11)22)19-20(27)25-14-6-4-3-5-13(14)23-19/h3-6,9-10,24H,7-8,22H2,1-2H3,(H,25,27). The zero-order chi connectivity index (χ0) is 21.4. The number of nitrogens with zero attached hydrogens (tertiary/aromatic N) is 2. The van der Waals surface area contributed by atoms with Gasteiger partial charge in [-0.25, -0.2) is 17.9 Å². The Balaban J connectivity index is 1.83. The molecule has 156 valence electrons. The quantitative estimate of drug-likeness (QED) is 0.435. The zero-order valence-corrected chi connectivity index (χ0v) is 17.2. The van der Waals surface area contributed by atoms with Crippen LogP contribution in [0.25, 0.3) is 33.3 Å². The van der Waals surface area contributed by atoms with E-state index in [1.165, 1.54) is 23.5 Å². The van der Waals surface area contributed by atoms with Crippen molar-refractivity contribution in [3.05, 3.63) is 52.6 Å². The molecule has 0 saturated heterocycles. The van der Waals surface area contributed by atoms with Crippen LogP contribution in [0, 0.1) is 5.82 Å². The van der Waals surface area contributed by atoms with Gasteiger partial charge in [-0.15, -0.1) is 0 Å². The molecular weight excluding hydrogens is 409 g/mol. The van der Waals surface area contributed by atoms with Gasteiger partial charge in [0.05, 0.1) is 39.4 Å². The van der Waals surface area contributed by atoms with Crippen LogP contribution < -0.4 is 11.3 Å². The number of nitrogen functional groups attached to an aromatic ring is 1. The van der Waals surface area contributed by atoms with Gasteiger partial charge in [-0.3, -0.25) is 4.79 Å². The minimum absolute atomic E-state index is 0.00117. The van der Waals surface area contributed by atoms with Crippen molar-refractivity contribution in [1.82, 2.24) is 19.3 Å². The molecule has 2 heterocycles. The van der Waals surface area contributed by atoms with Crippen molar-refractivity contribution in [2.75, 3.05) is 33.0 Å². The van der Waals surface area contributed by atoms with Crippen LogP contribution in [0.4, 0.5) is 10.1 Å². The Morgan fingerprint density at radius 1 is 1.23 bits per heavy atom. The molecule has 2 aromatic heterocycles. The van der Waals surface area contributed by atoms with Crippen LogP contribution in [-0.4, -0.2) is 50.8 Å². The molecular formula is C20H20FN5O3S. The first-order chi connectivity index (χ1) is 14.4. The van der Waals surface area contributed by atoms with E-state index < -0.39 is 22.4 Å². The third-order valence-corrected chi connectivity index (χ3v) is 6.25. The summed E-state index contributed by atoms with van der Waals surface area (Å²) < 4.78 is 33.9. The average molecular weight is 429 g/mol. The van der Waals surface area contributed by atoms with Crippen molar-refractivity contribution in [3.63, 3.8) is 0 Å². The Hall–Kier alpha value is -3.08. The first-order valence-electron chi connectivity index (χ1n) is 9.12. The van der Waals surface area contributed by atoms with Crippen molar-refractivity contribution < 1.29 is 13.3 Å². The average Bonchev–Trinajstić information content (AvgIpc) is 3.05. The number of halogens is 1. The van der Waals surface area contributed by atoms with E-state index in [0.717, 1.165) is 0 Å². The fourth-order valence-corrected chi connectivity index (χ4v) is 4.23. The summed E-state index contributed by atoms with van der Waals surface area (Å²) in [6.07, 6.45) is 0. The van der Waals surface area contributed by atoms with E-state index in [0.29, 0.717) is 35.1 Å². The van der Waals surface area contributed by atoms with Gasteiger partial charge < -0.3 is 20.4 Å². The van der Waals surface area contributed by atoms with E-state index in [9.17, 15) is 13.4 Å². The van der Waals surface area contributed by atoms with E-state index in [4.69, 9.17) is 10.5 Å². The zero-order valence-electron chi connectivity index (χ0n) is 16.4. The van der Waals surface area contributed by atoms with E-state index in [1.54, 1.807) is 25.2 Å². The van der Waals surface area contributed by atoms with Crippen molar-refractivity contribution in [1.29, 1.82) is 0 Å². The van der Waals surface area contributed by atoms with Crippen LogP contribution in [0.5, 0.6) is 0 Å². The summed E-state index contributed by atoms with van der Waals surface area (Å²) in [7, 11) is 1.41. The number of aromatic amines is 2. The number of ether oxygens (including phenoxy) is 1. The molecule has 1 atom stereocenters. The summed E-state index contributed by atoms with van der Waals surface area (Å²) in [5.41, 5.74) is 8.06. The summed E-state index contributed by atoms with van der Waals surface area (Å²) in [4.78, 5) is 22.7. The first-order valence-corrected chi connectivity index (χ1v) is 10.2. The fraction of sp³-hybridized carbons (Fsp3) is 0.200. The van der Waals surface area contributed by atoms with Crippen molar-refractivity contribution in [2.45, 2.75) is 4.90 Å².